The number of likely N-dealkylation sites (N-methyl/N-ethyl adjacent to an activating group) is 1. The van der Waals surface area contributed by atoms with Gasteiger partial charge < -0.3 is 26.2 Å². The summed E-state index contributed by atoms with van der Waals surface area (Å²) in [6.45, 7) is 4.90. The molecule has 1 aliphatic rings. The molecule has 8 nitrogen and oxygen atoms in total. The van der Waals surface area contributed by atoms with Gasteiger partial charge >= 0.3 is 0 Å². The molecular weight excluding hydrogens is 434 g/mol. The van der Waals surface area contributed by atoms with Gasteiger partial charge in [0, 0.05) is 72.3 Å². The largest absolute Gasteiger partial charge is 0.384 e. The van der Waals surface area contributed by atoms with Gasteiger partial charge in [-0.25, -0.2) is 9.97 Å². The van der Waals surface area contributed by atoms with E-state index in [2.05, 4.69) is 26.3 Å². The van der Waals surface area contributed by atoms with Crippen LogP contribution in [0.4, 0.5) is 17.3 Å². The Labute approximate surface area is 196 Å². The summed E-state index contributed by atoms with van der Waals surface area (Å²) in [5.74, 6) is 0.629. The molecule has 4 N–H and O–H groups in total. The molecule has 2 aromatic heterocycles. The van der Waals surface area contributed by atoms with Crippen LogP contribution in [0.5, 0.6) is 0 Å². The average molecular weight is 462 g/mol. The number of hydrogen-bond acceptors (Lipinski definition) is 8. The van der Waals surface area contributed by atoms with Gasteiger partial charge in [-0.1, -0.05) is 6.07 Å². The Morgan fingerprint density at radius 2 is 1.97 bits per heavy atom. The number of fused-ring (bicyclic) bond motifs is 3. The van der Waals surface area contributed by atoms with E-state index in [1.807, 2.05) is 60.6 Å². The highest BCUT2D eigenvalue weighted by atomic mass is 32.1. The Bertz CT molecular complexity index is 1280. The number of carbonyl (C=O) groups is 1. The van der Waals surface area contributed by atoms with Crippen LogP contribution in [0.25, 0.3) is 21.0 Å². The molecule has 3 heterocycles. The van der Waals surface area contributed by atoms with E-state index in [0.29, 0.717) is 5.95 Å². The summed E-state index contributed by atoms with van der Waals surface area (Å²) in [6.07, 6.45) is 1.83. The fourth-order valence-corrected chi connectivity index (χ4v) is 5.00. The fraction of sp³-hybridized carbons (Fsp3) is 0.292. The third kappa shape index (κ3) is 4.75. The first-order chi connectivity index (χ1) is 16.2. The molecule has 0 aliphatic carbocycles. The van der Waals surface area contributed by atoms with Crippen molar-refractivity contribution in [1.82, 2.24) is 25.5 Å². The summed E-state index contributed by atoms with van der Waals surface area (Å²) in [4.78, 5) is 25.0. The molecule has 170 valence electrons. The first-order valence-corrected chi connectivity index (χ1v) is 12.0. The Morgan fingerprint density at radius 1 is 1.12 bits per heavy atom. The van der Waals surface area contributed by atoms with Crippen molar-refractivity contribution in [2.45, 2.75) is 0 Å². The van der Waals surface area contributed by atoms with Crippen LogP contribution in [-0.2, 0) is 0 Å². The molecule has 0 atom stereocenters. The highest BCUT2D eigenvalue weighted by Gasteiger charge is 2.20. The number of thiophene rings is 1. The molecule has 0 unspecified atom stereocenters. The predicted molar refractivity (Wildman–Crippen MR) is 136 cm³/mol. The molecule has 0 saturated carbocycles. The molecule has 1 saturated heterocycles. The van der Waals surface area contributed by atoms with Crippen molar-refractivity contribution in [1.29, 1.82) is 0 Å². The zero-order chi connectivity index (χ0) is 22.6. The lowest BCUT2D eigenvalue weighted by Gasteiger charge is -2.26. The monoisotopic (exact) mass is 461 g/mol. The van der Waals surface area contributed by atoms with Crippen LogP contribution in [0, 0.1) is 0 Å². The van der Waals surface area contributed by atoms with Gasteiger partial charge in [0.15, 0.2) is 0 Å². The molecule has 1 aliphatic heterocycles. The van der Waals surface area contributed by atoms with E-state index >= 15 is 0 Å². The van der Waals surface area contributed by atoms with Gasteiger partial charge in [-0.3, -0.25) is 4.79 Å². The van der Waals surface area contributed by atoms with Crippen LogP contribution in [0.3, 0.4) is 0 Å². The maximum atomic E-state index is 13.0. The van der Waals surface area contributed by atoms with E-state index in [1.165, 1.54) is 11.3 Å². The number of anilines is 3. The molecule has 0 radical (unpaired) electrons. The van der Waals surface area contributed by atoms with Crippen LogP contribution >= 0.6 is 11.3 Å². The second kappa shape index (κ2) is 9.70. The number of aromatic nitrogens is 2. The summed E-state index contributed by atoms with van der Waals surface area (Å²) < 4.78 is 1.06. The minimum absolute atomic E-state index is 0.0980. The quantitative estimate of drug-likeness (QED) is 0.314. The molecule has 1 amide bonds. The van der Waals surface area contributed by atoms with E-state index in [9.17, 15) is 4.79 Å². The number of amides is 1. The van der Waals surface area contributed by atoms with Crippen molar-refractivity contribution in [3.8, 4) is 0 Å². The molecular formula is C24H27N7OS. The van der Waals surface area contributed by atoms with Crippen molar-refractivity contribution in [3.63, 3.8) is 0 Å². The summed E-state index contributed by atoms with van der Waals surface area (Å²) in [5.41, 5.74) is 2.80. The summed E-state index contributed by atoms with van der Waals surface area (Å²) in [6, 6.07) is 14.1. The van der Waals surface area contributed by atoms with Crippen LogP contribution in [-0.4, -0.2) is 67.1 Å². The number of benzene rings is 2. The van der Waals surface area contributed by atoms with Gasteiger partial charge in [0.05, 0.1) is 10.4 Å². The average Bonchev–Trinajstić information content (AvgIpc) is 3.30. The van der Waals surface area contributed by atoms with E-state index < -0.39 is 0 Å². The summed E-state index contributed by atoms with van der Waals surface area (Å²) >= 11 is 1.53. The Balaban J connectivity index is 1.42. The lowest BCUT2D eigenvalue weighted by Crippen LogP contribution is -2.46. The van der Waals surface area contributed by atoms with E-state index in [4.69, 9.17) is 4.98 Å². The molecule has 0 bridgehead atoms. The van der Waals surface area contributed by atoms with Gasteiger partial charge in [0.1, 0.15) is 0 Å². The van der Waals surface area contributed by atoms with Crippen LogP contribution in [0.2, 0.25) is 0 Å². The number of piperazine rings is 1. The molecule has 0 spiro atoms. The van der Waals surface area contributed by atoms with Crippen LogP contribution in [0.15, 0.2) is 48.7 Å². The molecule has 2 aromatic carbocycles. The fourth-order valence-electron chi connectivity index (χ4n) is 3.97. The van der Waals surface area contributed by atoms with Crippen molar-refractivity contribution in [3.05, 3.63) is 53.5 Å². The van der Waals surface area contributed by atoms with Gasteiger partial charge in [0.25, 0.3) is 5.91 Å². The van der Waals surface area contributed by atoms with Crippen molar-refractivity contribution >= 4 is 55.6 Å². The molecule has 9 heteroatoms. The maximum Gasteiger partial charge on any atom is 0.264 e. The summed E-state index contributed by atoms with van der Waals surface area (Å²) in [7, 11) is 1.94. The number of nitrogens with one attached hydrogen (secondary N) is 4. The topological polar surface area (TPSA) is 94.2 Å². The molecule has 4 aromatic rings. The lowest BCUT2D eigenvalue weighted by molar-refractivity contribution is 0.0741. The van der Waals surface area contributed by atoms with Gasteiger partial charge in [0.2, 0.25) is 5.95 Å². The molecule has 1 fully saturated rings. The highest BCUT2D eigenvalue weighted by Crippen LogP contribution is 2.32. The number of nitrogens with zero attached hydrogens (tertiary/aromatic N) is 3. The van der Waals surface area contributed by atoms with E-state index in [0.717, 1.165) is 76.5 Å². The predicted octanol–water partition coefficient (Wildman–Crippen LogP) is 3.26. The smallest absolute Gasteiger partial charge is 0.264 e. The van der Waals surface area contributed by atoms with Gasteiger partial charge in [-0.15, -0.1) is 11.3 Å². The Morgan fingerprint density at radius 3 is 2.82 bits per heavy atom. The number of carbonyl (C=O) groups excluding carboxylic acids is 1. The first kappa shape index (κ1) is 21.6. The normalized spacial score (nSPS) is 14.0. The van der Waals surface area contributed by atoms with Crippen molar-refractivity contribution in [2.24, 2.45) is 0 Å². The highest BCUT2D eigenvalue weighted by molar-refractivity contribution is 7.21. The Hall–Kier alpha value is -3.27. The van der Waals surface area contributed by atoms with Crippen LogP contribution < -0.4 is 21.3 Å². The Kier molecular flexibility index (Phi) is 6.34. The zero-order valence-corrected chi connectivity index (χ0v) is 19.3. The third-order valence-electron chi connectivity index (χ3n) is 5.69. The first-order valence-electron chi connectivity index (χ1n) is 11.2. The molecule has 33 heavy (non-hydrogen) atoms. The zero-order valence-electron chi connectivity index (χ0n) is 18.5. The van der Waals surface area contributed by atoms with Crippen molar-refractivity contribution < 1.29 is 4.79 Å². The second-order valence-corrected chi connectivity index (χ2v) is 9.08. The third-order valence-corrected chi connectivity index (χ3v) is 6.77. The number of rotatable bonds is 7. The molecule has 5 rings (SSSR count). The number of hydrogen-bond donors (Lipinski definition) is 4. The maximum absolute atomic E-state index is 13.0. The van der Waals surface area contributed by atoms with Gasteiger partial charge in [-0.05, 0) is 43.4 Å². The minimum Gasteiger partial charge on any atom is -0.384 e. The van der Waals surface area contributed by atoms with Crippen LogP contribution in [0.1, 0.15) is 9.67 Å². The van der Waals surface area contributed by atoms with E-state index in [1.54, 1.807) is 0 Å². The second-order valence-electron chi connectivity index (χ2n) is 8.00. The SMILES string of the molecule is CNCCNc1cccc(Nc2ncc3ccc4sc(C(=O)N5CCNCC5)cc4c3n2)c1. The lowest BCUT2D eigenvalue weighted by atomic mass is 10.1. The summed E-state index contributed by atoms with van der Waals surface area (Å²) in [5, 5.41) is 15.1. The van der Waals surface area contributed by atoms with E-state index in [-0.39, 0.29) is 5.91 Å². The van der Waals surface area contributed by atoms with Crippen molar-refractivity contribution in [2.75, 3.05) is 56.9 Å². The van der Waals surface area contributed by atoms with Gasteiger partial charge in [-0.2, -0.15) is 0 Å². The standard InChI is InChI=1S/C24H27N7OS/c1-25-7-8-27-17-3-2-4-18(13-17)29-24-28-15-16-5-6-20-19(22(16)30-24)14-21(33-20)23(32)31-11-9-26-10-12-31/h2-6,13-15,25-27H,7-12H2,1H3,(H,28,29,30). The minimum atomic E-state index is 0.0980.